The van der Waals surface area contributed by atoms with Crippen molar-refractivity contribution in [3.8, 4) is 0 Å². The van der Waals surface area contributed by atoms with Crippen LogP contribution in [0.3, 0.4) is 0 Å². The number of hydrogen-bond acceptors (Lipinski definition) is 3. The van der Waals surface area contributed by atoms with Crippen molar-refractivity contribution in [2.45, 2.75) is 38.5 Å². The number of aromatic nitrogens is 2. The minimum Gasteiger partial charge on any atom is -0.465 e. The normalized spacial score (nSPS) is 22.3. The van der Waals surface area contributed by atoms with Crippen LogP contribution in [0, 0.1) is 0 Å². The third kappa shape index (κ3) is 2.89. The molecule has 2 amide bonds. The van der Waals surface area contributed by atoms with Crippen LogP contribution in [0.15, 0.2) is 12.4 Å². The second kappa shape index (κ2) is 5.48. The Morgan fingerprint density at radius 2 is 2.25 bits per heavy atom. The number of anilines is 1. The molecule has 0 saturated carbocycles. The standard InChI is InChI=1S/C12H17FN4O3/c1-7(2)17-6-9(4-14-17)15-11(18)10-3-8(13)5-16(10)12(19)20/h4,6-8,10H,3,5H2,1-2H3,(H,15,18)(H,19,20)/t8-,10+/m1/s1. The molecule has 1 aromatic heterocycles. The van der Waals surface area contributed by atoms with Gasteiger partial charge in [-0.15, -0.1) is 0 Å². The van der Waals surface area contributed by atoms with E-state index in [-0.39, 0.29) is 19.0 Å². The largest absolute Gasteiger partial charge is 0.465 e. The Hall–Kier alpha value is -2.12. The van der Waals surface area contributed by atoms with E-state index in [4.69, 9.17) is 5.11 Å². The molecule has 1 aromatic rings. The molecule has 0 unspecified atom stereocenters. The van der Waals surface area contributed by atoms with Crippen LogP contribution in [0.1, 0.15) is 26.3 Å². The number of rotatable bonds is 3. The first kappa shape index (κ1) is 14.3. The third-order valence-corrected chi connectivity index (χ3v) is 3.20. The van der Waals surface area contributed by atoms with Crippen molar-refractivity contribution in [1.29, 1.82) is 0 Å². The van der Waals surface area contributed by atoms with Gasteiger partial charge in [-0.3, -0.25) is 14.4 Å². The molecule has 0 spiro atoms. The number of nitrogens with one attached hydrogen (secondary N) is 1. The molecule has 20 heavy (non-hydrogen) atoms. The molecule has 2 atom stereocenters. The zero-order valence-electron chi connectivity index (χ0n) is 11.3. The highest BCUT2D eigenvalue weighted by molar-refractivity contribution is 5.96. The van der Waals surface area contributed by atoms with Crippen LogP contribution in [-0.2, 0) is 4.79 Å². The summed E-state index contributed by atoms with van der Waals surface area (Å²) in [6.07, 6.45) is 0.417. The van der Waals surface area contributed by atoms with Crippen molar-refractivity contribution in [3.05, 3.63) is 12.4 Å². The molecular weight excluding hydrogens is 267 g/mol. The van der Waals surface area contributed by atoms with Crippen LogP contribution in [0.2, 0.25) is 0 Å². The molecule has 1 fully saturated rings. The second-order valence-corrected chi connectivity index (χ2v) is 5.08. The zero-order valence-corrected chi connectivity index (χ0v) is 11.3. The minimum absolute atomic E-state index is 0.115. The van der Waals surface area contributed by atoms with E-state index < -0.39 is 24.2 Å². The van der Waals surface area contributed by atoms with Crippen LogP contribution < -0.4 is 5.32 Å². The van der Waals surface area contributed by atoms with E-state index >= 15 is 0 Å². The highest BCUT2D eigenvalue weighted by Crippen LogP contribution is 2.22. The van der Waals surface area contributed by atoms with Gasteiger partial charge in [-0.1, -0.05) is 0 Å². The van der Waals surface area contributed by atoms with Gasteiger partial charge in [-0.25, -0.2) is 9.18 Å². The first-order valence-corrected chi connectivity index (χ1v) is 6.37. The molecular formula is C12H17FN4O3. The average molecular weight is 284 g/mol. The quantitative estimate of drug-likeness (QED) is 0.880. The zero-order chi connectivity index (χ0) is 14.9. The summed E-state index contributed by atoms with van der Waals surface area (Å²) in [7, 11) is 0. The van der Waals surface area contributed by atoms with Crippen molar-refractivity contribution >= 4 is 17.7 Å². The summed E-state index contributed by atoms with van der Waals surface area (Å²) >= 11 is 0. The van der Waals surface area contributed by atoms with Gasteiger partial charge in [-0.05, 0) is 13.8 Å². The lowest BCUT2D eigenvalue weighted by Crippen LogP contribution is -2.42. The lowest BCUT2D eigenvalue weighted by Gasteiger charge is -2.19. The predicted molar refractivity (Wildman–Crippen MR) is 69.3 cm³/mol. The van der Waals surface area contributed by atoms with E-state index in [0.29, 0.717) is 5.69 Å². The van der Waals surface area contributed by atoms with Crippen LogP contribution in [0.25, 0.3) is 0 Å². The monoisotopic (exact) mass is 284 g/mol. The number of alkyl halides is 1. The summed E-state index contributed by atoms with van der Waals surface area (Å²) in [4.78, 5) is 23.8. The topological polar surface area (TPSA) is 87.5 Å². The SMILES string of the molecule is CC(C)n1cc(NC(=O)[C@@H]2C[C@@H](F)CN2C(=O)O)cn1. The van der Waals surface area contributed by atoms with Gasteiger partial charge in [0, 0.05) is 18.7 Å². The molecule has 1 aliphatic heterocycles. The van der Waals surface area contributed by atoms with Gasteiger partial charge in [0.05, 0.1) is 18.4 Å². The van der Waals surface area contributed by atoms with Gasteiger partial charge in [0.25, 0.3) is 0 Å². The van der Waals surface area contributed by atoms with E-state index in [1.165, 1.54) is 6.20 Å². The maximum Gasteiger partial charge on any atom is 0.408 e. The van der Waals surface area contributed by atoms with E-state index in [1.807, 2.05) is 13.8 Å². The van der Waals surface area contributed by atoms with Gasteiger partial charge in [0.2, 0.25) is 5.91 Å². The fraction of sp³-hybridized carbons (Fsp3) is 0.583. The van der Waals surface area contributed by atoms with Gasteiger partial charge < -0.3 is 10.4 Å². The number of nitrogens with zero attached hydrogens (tertiary/aromatic N) is 3. The smallest absolute Gasteiger partial charge is 0.408 e. The van der Waals surface area contributed by atoms with Crippen molar-refractivity contribution in [1.82, 2.24) is 14.7 Å². The van der Waals surface area contributed by atoms with Crippen LogP contribution in [-0.4, -0.2) is 50.5 Å². The first-order valence-electron chi connectivity index (χ1n) is 6.37. The molecule has 1 saturated heterocycles. The highest BCUT2D eigenvalue weighted by atomic mass is 19.1. The summed E-state index contributed by atoms with van der Waals surface area (Å²) in [6, 6.07) is -0.845. The third-order valence-electron chi connectivity index (χ3n) is 3.20. The lowest BCUT2D eigenvalue weighted by atomic mass is 10.2. The molecule has 2 rings (SSSR count). The van der Waals surface area contributed by atoms with Crippen LogP contribution in [0.5, 0.6) is 0 Å². The summed E-state index contributed by atoms with van der Waals surface area (Å²) in [5.41, 5.74) is 0.469. The molecule has 0 radical (unpaired) electrons. The number of carbonyl (C=O) groups excluding carboxylic acids is 1. The summed E-state index contributed by atoms with van der Waals surface area (Å²) in [5, 5.41) is 15.6. The summed E-state index contributed by atoms with van der Waals surface area (Å²) in [6.45, 7) is 3.61. The molecule has 2 heterocycles. The Balaban J connectivity index is 2.05. The van der Waals surface area contributed by atoms with E-state index in [9.17, 15) is 14.0 Å². The number of hydrogen-bond donors (Lipinski definition) is 2. The number of likely N-dealkylation sites (tertiary alicyclic amines) is 1. The van der Waals surface area contributed by atoms with E-state index in [2.05, 4.69) is 10.4 Å². The van der Waals surface area contributed by atoms with E-state index in [0.717, 1.165) is 4.90 Å². The summed E-state index contributed by atoms with van der Waals surface area (Å²) in [5.74, 6) is -0.532. The Morgan fingerprint density at radius 1 is 1.55 bits per heavy atom. The fourth-order valence-corrected chi connectivity index (χ4v) is 2.16. The second-order valence-electron chi connectivity index (χ2n) is 5.08. The summed E-state index contributed by atoms with van der Waals surface area (Å²) < 4.78 is 15.0. The lowest BCUT2D eigenvalue weighted by molar-refractivity contribution is -0.119. The molecule has 0 bridgehead atoms. The number of halogens is 1. The van der Waals surface area contributed by atoms with E-state index in [1.54, 1.807) is 10.9 Å². The maximum absolute atomic E-state index is 13.3. The van der Waals surface area contributed by atoms with Gasteiger partial charge in [0.1, 0.15) is 12.2 Å². The average Bonchev–Trinajstić information content (AvgIpc) is 2.95. The minimum atomic E-state index is -1.31. The van der Waals surface area contributed by atoms with Gasteiger partial charge in [-0.2, -0.15) is 5.10 Å². The highest BCUT2D eigenvalue weighted by Gasteiger charge is 2.40. The molecule has 8 heteroatoms. The number of amides is 2. The Kier molecular flexibility index (Phi) is 3.91. The molecule has 2 N–H and O–H groups in total. The van der Waals surface area contributed by atoms with Crippen LogP contribution in [0.4, 0.5) is 14.9 Å². The number of carboxylic acid groups (broad SMARTS) is 1. The molecule has 110 valence electrons. The molecule has 0 aromatic carbocycles. The fourth-order valence-electron chi connectivity index (χ4n) is 2.16. The van der Waals surface area contributed by atoms with Crippen molar-refractivity contribution in [2.75, 3.05) is 11.9 Å². The Morgan fingerprint density at radius 3 is 2.80 bits per heavy atom. The first-order chi connectivity index (χ1) is 9.38. The molecule has 7 nitrogen and oxygen atoms in total. The van der Waals surface area contributed by atoms with Gasteiger partial charge >= 0.3 is 6.09 Å². The Bertz CT molecular complexity index is 517. The van der Waals surface area contributed by atoms with Crippen molar-refractivity contribution < 1.29 is 19.1 Å². The number of carbonyl (C=O) groups is 2. The molecule has 0 aliphatic carbocycles. The predicted octanol–water partition coefficient (Wildman–Crippen LogP) is 1.49. The maximum atomic E-state index is 13.3. The molecule has 1 aliphatic rings. The Labute approximate surface area is 115 Å². The van der Waals surface area contributed by atoms with Crippen molar-refractivity contribution in [3.63, 3.8) is 0 Å². The van der Waals surface area contributed by atoms with Gasteiger partial charge in [0.15, 0.2) is 0 Å². The van der Waals surface area contributed by atoms with Crippen LogP contribution >= 0.6 is 0 Å². The van der Waals surface area contributed by atoms with Crippen molar-refractivity contribution in [2.24, 2.45) is 0 Å².